The summed E-state index contributed by atoms with van der Waals surface area (Å²) in [6.45, 7) is 1.46. The van der Waals surface area contributed by atoms with E-state index < -0.39 is 12.1 Å². The Kier molecular flexibility index (Phi) is 6.14. The smallest absolute Gasteiger partial charge is 0.349 e. The molecule has 1 rings (SSSR count). The number of carbonyl (C=O) groups excluding carboxylic acids is 2. The van der Waals surface area contributed by atoms with Crippen molar-refractivity contribution in [1.82, 2.24) is 4.90 Å². The molecule has 1 aromatic carbocycles. The molecule has 0 aliphatic heterocycles. The van der Waals surface area contributed by atoms with Crippen LogP contribution in [-0.4, -0.2) is 44.1 Å². The highest BCUT2D eigenvalue weighted by molar-refractivity contribution is 5.99. The van der Waals surface area contributed by atoms with Crippen LogP contribution in [0.2, 0.25) is 0 Å². The highest BCUT2D eigenvalue weighted by atomic mass is 16.5. The molecule has 0 bridgehead atoms. The molecule has 0 N–H and O–H groups in total. The first-order valence-electron chi connectivity index (χ1n) is 6.57. The number of benzene rings is 1. The number of rotatable bonds is 5. The first kappa shape index (κ1) is 17.2. The Morgan fingerprint density at radius 3 is 2.32 bits per heavy atom. The molecule has 0 fully saturated rings. The van der Waals surface area contributed by atoms with Crippen LogP contribution >= 0.6 is 0 Å². The Balaban J connectivity index is 2.86. The van der Waals surface area contributed by atoms with Crippen LogP contribution in [0, 0.1) is 11.3 Å². The highest BCUT2D eigenvalue weighted by Gasteiger charge is 2.21. The molecule has 6 nitrogen and oxygen atoms in total. The predicted molar refractivity (Wildman–Crippen MR) is 80.8 cm³/mol. The third kappa shape index (κ3) is 4.63. The lowest BCUT2D eigenvalue weighted by molar-refractivity contribution is -0.154. The number of esters is 1. The zero-order chi connectivity index (χ0) is 16.7. The topological polar surface area (TPSA) is 79.6 Å². The van der Waals surface area contributed by atoms with E-state index in [4.69, 9.17) is 14.7 Å². The normalized spacial score (nSPS) is 12.0. The van der Waals surface area contributed by atoms with Gasteiger partial charge in [0.05, 0.1) is 7.11 Å². The fraction of sp³-hybridized carbons (Fsp3) is 0.312. The number of carbonyl (C=O) groups is 2. The van der Waals surface area contributed by atoms with Gasteiger partial charge in [-0.15, -0.1) is 0 Å². The van der Waals surface area contributed by atoms with E-state index in [0.29, 0.717) is 11.3 Å². The minimum Gasteiger partial charge on any atom is -0.497 e. The lowest BCUT2D eigenvalue weighted by Crippen LogP contribution is -2.35. The second-order valence-electron chi connectivity index (χ2n) is 4.72. The highest BCUT2D eigenvalue weighted by Crippen LogP contribution is 2.14. The van der Waals surface area contributed by atoms with E-state index in [2.05, 4.69) is 0 Å². The van der Waals surface area contributed by atoms with Crippen molar-refractivity contribution >= 4 is 18.0 Å². The summed E-state index contributed by atoms with van der Waals surface area (Å²) in [6, 6.07) is 8.62. The van der Waals surface area contributed by atoms with Gasteiger partial charge in [0.15, 0.2) is 6.10 Å². The van der Waals surface area contributed by atoms with Gasteiger partial charge in [-0.1, -0.05) is 12.1 Å². The number of methoxy groups -OCH3 is 1. The Hall–Kier alpha value is -2.81. The van der Waals surface area contributed by atoms with Gasteiger partial charge in [-0.25, -0.2) is 4.79 Å². The maximum absolute atomic E-state index is 11.9. The largest absolute Gasteiger partial charge is 0.497 e. The minimum absolute atomic E-state index is 0.177. The van der Waals surface area contributed by atoms with E-state index in [-0.39, 0.29) is 11.5 Å². The fourth-order valence-electron chi connectivity index (χ4n) is 1.64. The summed E-state index contributed by atoms with van der Waals surface area (Å²) in [5.74, 6) is -0.514. The molecule has 0 aliphatic rings. The van der Waals surface area contributed by atoms with Crippen molar-refractivity contribution in [2.45, 2.75) is 13.0 Å². The number of nitrogens with zero attached hydrogens (tertiary/aromatic N) is 2. The van der Waals surface area contributed by atoms with Gasteiger partial charge in [-0.05, 0) is 30.7 Å². The summed E-state index contributed by atoms with van der Waals surface area (Å²) >= 11 is 0. The third-order valence-corrected chi connectivity index (χ3v) is 2.84. The van der Waals surface area contributed by atoms with Gasteiger partial charge in [0.25, 0.3) is 5.91 Å². The number of amides is 1. The molecule has 0 aromatic heterocycles. The number of nitriles is 1. The van der Waals surface area contributed by atoms with Crippen LogP contribution in [0.15, 0.2) is 29.8 Å². The summed E-state index contributed by atoms with van der Waals surface area (Å²) in [5.41, 5.74) is 0.476. The maximum Gasteiger partial charge on any atom is 0.349 e. The summed E-state index contributed by atoms with van der Waals surface area (Å²) in [7, 11) is 4.67. The van der Waals surface area contributed by atoms with Crippen LogP contribution in [0.1, 0.15) is 12.5 Å². The molecule has 0 heterocycles. The third-order valence-electron chi connectivity index (χ3n) is 2.84. The molecule has 1 amide bonds. The van der Waals surface area contributed by atoms with Crippen molar-refractivity contribution in [3.63, 3.8) is 0 Å². The second kappa shape index (κ2) is 7.84. The van der Waals surface area contributed by atoms with Crippen molar-refractivity contribution in [1.29, 1.82) is 5.26 Å². The Morgan fingerprint density at radius 2 is 1.86 bits per heavy atom. The van der Waals surface area contributed by atoms with Crippen molar-refractivity contribution < 1.29 is 19.1 Å². The van der Waals surface area contributed by atoms with Gasteiger partial charge in [-0.3, -0.25) is 4.79 Å². The SMILES string of the molecule is COc1ccc(/C=C(\C#N)C(=O)O[C@H](C)C(=O)N(C)C)cc1. The lowest BCUT2D eigenvalue weighted by atomic mass is 10.1. The first-order chi connectivity index (χ1) is 10.4. The molecule has 116 valence electrons. The lowest BCUT2D eigenvalue weighted by Gasteiger charge is -2.16. The van der Waals surface area contributed by atoms with Crippen LogP contribution in [0.25, 0.3) is 6.08 Å². The molecule has 1 aromatic rings. The Morgan fingerprint density at radius 1 is 1.27 bits per heavy atom. The number of hydrogen-bond acceptors (Lipinski definition) is 5. The van der Waals surface area contributed by atoms with Crippen LogP contribution in [0.4, 0.5) is 0 Å². The van der Waals surface area contributed by atoms with Crippen LogP contribution in [0.3, 0.4) is 0 Å². The molecule has 22 heavy (non-hydrogen) atoms. The molecule has 0 saturated heterocycles. The van der Waals surface area contributed by atoms with Gasteiger partial charge in [0, 0.05) is 14.1 Å². The fourth-order valence-corrected chi connectivity index (χ4v) is 1.64. The second-order valence-corrected chi connectivity index (χ2v) is 4.72. The van der Waals surface area contributed by atoms with Crippen LogP contribution < -0.4 is 4.74 Å². The summed E-state index contributed by atoms with van der Waals surface area (Å²) in [4.78, 5) is 24.9. The van der Waals surface area contributed by atoms with E-state index in [1.807, 2.05) is 0 Å². The molecule has 0 radical (unpaired) electrons. The summed E-state index contributed by atoms with van der Waals surface area (Å²) < 4.78 is 10.0. The average Bonchev–Trinajstić information content (AvgIpc) is 2.51. The van der Waals surface area contributed by atoms with E-state index in [0.717, 1.165) is 0 Å². The minimum atomic E-state index is -0.949. The molecule has 0 unspecified atom stereocenters. The van der Waals surface area contributed by atoms with Crippen molar-refractivity contribution in [3.8, 4) is 11.8 Å². The Labute approximate surface area is 129 Å². The number of likely N-dealkylation sites (N-methyl/N-ethyl adjacent to an activating group) is 1. The van der Waals surface area contributed by atoms with Gasteiger partial charge in [-0.2, -0.15) is 5.26 Å². The Bertz CT molecular complexity index is 612. The molecule has 1 atom stereocenters. The molecule has 0 spiro atoms. The van der Waals surface area contributed by atoms with Gasteiger partial charge < -0.3 is 14.4 Å². The zero-order valence-corrected chi connectivity index (χ0v) is 13.0. The molecule has 0 aliphatic carbocycles. The van der Waals surface area contributed by atoms with E-state index in [1.54, 1.807) is 51.5 Å². The summed E-state index contributed by atoms with van der Waals surface area (Å²) in [5, 5.41) is 9.08. The zero-order valence-electron chi connectivity index (χ0n) is 13.0. The van der Waals surface area contributed by atoms with Crippen molar-refractivity contribution in [2.75, 3.05) is 21.2 Å². The molecular formula is C16H18N2O4. The number of ether oxygens (including phenoxy) is 2. The quantitative estimate of drug-likeness (QED) is 0.469. The van der Waals surface area contributed by atoms with Crippen LogP contribution in [0.5, 0.6) is 5.75 Å². The maximum atomic E-state index is 11.9. The van der Waals surface area contributed by atoms with Gasteiger partial charge in [0.1, 0.15) is 17.4 Å². The predicted octanol–water partition coefficient (Wildman–Crippen LogP) is 1.62. The molecule has 6 heteroatoms. The van der Waals surface area contributed by atoms with E-state index in [9.17, 15) is 9.59 Å². The first-order valence-corrected chi connectivity index (χ1v) is 6.57. The van der Waals surface area contributed by atoms with Crippen LogP contribution in [-0.2, 0) is 14.3 Å². The molecular weight excluding hydrogens is 284 g/mol. The van der Waals surface area contributed by atoms with E-state index in [1.165, 1.54) is 17.9 Å². The number of hydrogen-bond donors (Lipinski definition) is 0. The summed E-state index contributed by atoms with van der Waals surface area (Å²) in [6.07, 6.45) is 0.448. The standard InChI is InChI=1S/C16H18N2O4/c1-11(15(19)18(2)3)22-16(20)13(10-17)9-12-5-7-14(21-4)8-6-12/h5-9,11H,1-4H3/b13-9+/t11-/m1/s1. The van der Waals surface area contributed by atoms with Gasteiger partial charge >= 0.3 is 5.97 Å². The van der Waals surface area contributed by atoms with Crippen molar-refractivity contribution in [3.05, 3.63) is 35.4 Å². The molecule has 0 saturated carbocycles. The van der Waals surface area contributed by atoms with Crippen molar-refractivity contribution in [2.24, 2.45) is 0 Å². The van der Waals surface area contributed by atoms with Gasteiger partial charge in [0.2, 0.25) is 0 Å². The average molecular weight is 302 g/mol. The van der Waals surface area contributed by atoms with E-state index >= 15 is 0 Å². The monoisotopic (exact) mass is 302 g/mol.